The van der Waals surface area contributed by atoms with E-state index in [2.05, 4.69) is 85.6 Å². The summed E-state index contributed by atoms with van der Waals surface area (Å²) in [6.45, 7) is 18.8. The van der Waals surface area contributed by atoms with Crippen LogP contribution in [-0.2, 0) is 19.5 Å². The molecule has 1 fully saturated rings. The number of aryl methyl sites for hydroxylation is 6. The standard InChI is InChI=1S/C27H31N3.C7H8.Ru/c1-16-12-18(3)26(19(4)13-16)28-22(7)24-10-9-11-25(30-24)23(8)29-27-20(5)14-17(2)15-21(27)6;1-7-5-3-2-4-6-7;/h9-15H,1-8H3;2-6H,1H3;. The van der Waals surface area contributed by atoms with Crippen LogP contribution in [0.3, 0.4) is 0 Å². The van der Waals surface area contributed by atoms with E-state index in [1.807, 2.05) is 51.3 Å². The molecule has 3 aromatic rings. The Hall–Kier alpha value is -2.45. The normalized spacial score (nSPS) is 14.4. The molecule has 3 nitrogen and oxygen atoms in total. The first kappa shape index (κ1) is 31.8. The number of rotatable bonds is 4. The summed E-state index contributed by atoms with van der Waals surface area (Å²) in [6.07, 6.45) is 10.3. The molecule has 4 rings (SSSR count). The molecule has 0 atom stereocenters. The Bertz CT molecular complexity index is 1160. The van der Waals surface area contributed by atoms with Gasteiger partial charge in [-0.2, -0.15) is 0 Å². The van der Waals surface area contributed by atoms with Gasteiger partial charge in [0.1, 0.15) is 0 Å². The molecule has 198 valence electrons. The fourth-order valence-corrected chi connectivity index (χ4v) is 4.52. The predicted octanol–water partition coefficient (Wildman–Crippen LogP) is 8.83. The van der Waals surface area contributed by atoms with Gasteiger partial charge < -0.3 is 0 Å². The van der Waals surface area contributed by atoms with Crippen LogP contribution in [0.4, 0.5) is 11.4 Å². The molecule has 0 unspecified atom stereocenters. The van der Waals surface area contributed by atoms with Crippen LogP contribution in [0.2, 0.25) is 0 Å². The SMILES string of the molecule is CC(=Nc1c(C)cc(C)cc1C)c1cccc(C(C)=Nc2c(C)cc(C)cc2C)n1.C[C]1[CH][CH][CH][CH][CH]1.[Ru]. The van der Waals surface area contributed by atoms with Crippen molar-refractivity contribution < 1.29 is 19.5 Å². The smallest absolute Gasteiger partial charge is 0.0849 e. The van der Waals surface area contributed by atoms with E-state index in [0.29, 0.717) is 0 Å². The molecule has 1 aromatic heterocycles. The van der Waals surface area contributed by atoms with Crippen molar-refractivity contribution in [2.75, 3.05) is 0 Å². The van der Waals surface area contributed by atoms with Crippen molar-refractivity contribution in [3.8, 4) is 0 Å². The van der Waals surface area contributed by atoms with Gasteiger partial charge in [0.2, 0.25) is 0 Å². The van der Waals surface area contributed by atoms with Gasteiger partial charge in [-0.1, -0.05) is 48.4 Å². The summed E-state index contributed by atoms with van der Waals surface area (Å²) in [4.78, 5) is 14.7. The first-order valence-electron chi connectivity index (χ1n) is 12.8. The van der Waals surface area contributed by atoms with E-state index in [1.54, 1.807) is 0 Å². The molecule has 4 heteroatoms. The molecule has 2 aromatic carbocycles. The Morgan fingerprint density at radius 3 is 1.26 bits per heavy atom. The van der Waals surface area contributed by atoms with Gasteiger partial charge in [-0.15, -0.1) is 0 Å². The molecule has 0 saturated heterocycles. The van der Waals surface area contributed by atoms with E-state index >= 15 is 0 Å². The quantitative estimate of drug-likeness (QED) is 0.221. The van der Waals surface area contributed by atoms with Crippen LogP contribution >= 0.6 is 0 Å². The maximum atomic E-state index is 4.91. The van der Waals surface area contributed by atoms with Gasteiger partial charge in [-0.25, -0.2) is 4.98 Å². The molecular formula is C34H39N3Ru. The average Bonchev–Trinajstić information content (AvgIpc) is 2.84. The Labute approximate surface area is 244 Å². The van der Waals surface area contributed by atoms with Crippen molar-refractivity contribution in [1.82, 2.24) is 4.98 Å². The minimum absolute atomic E-state index is 0. The van der Waals surface area contributed by atoms with Gasteiger partial charge >= 0.3 is 0 Å². The van der Waals surface area contributed by atoms with Gasteiger partial charge in [0.05, 0.1) is 34.2 Å². The molecule has 1 aliphatic rings. The zero-order chi connectivity index (χ0) is 27.1. The maximum absolute atomic E-state index is 4.91. The van der Waals surface area contributed by atoms with Crippen molar-refractivity contribution in [2.24, 2.45) is 9.98 Å². The second-order valence-electron chi connectivity index (χ2n) is 9.95. The van der Waals surface area contributed by atoms with Gasteiger partial charge in [-0.3, -0.25) is 9.98 Å². The van der Waals surface area contributed by atoms with Gasteiger partial charge in [0, 0.05) is 19.5 Å². The molecule has 0 amide bonds. The van der Waals surface area contributed by atoms with Gasteiger partial charge in [-0.05, 0) is 128 Å². The van der Waals surface area contributed by atoms with Crippen molar-refractivity contribution in [2.45, 2.75) is 62.3 Å². The van der Waals surface area contributed by atoms with E-state index in [1.165, 1.54) is 39.3 Å². The molecule has 38 heavy (non-hydrogen) atoms. The summed E-state index contributed by atoms with van der Waals surface area (Å²) in [6, 6.07) is 14.7. The molecule has 0 N–H and O–H groups in total. The fraction of sp³-hybridized carbons (Fsp3) is 0.265. The second kappa shape index (κ2) is 14.6. The molecule has 0 aliphatic heterocycles. The number of pyridine rings is 1. The second-order valence-corrected chi connectivity index (χ2v) is 9.95. The molecule has 1 saturated carbocycles. The molecule has 0 spiro atoms. The Morgan fingerprint density at radius 2 is 0.947 bits per heavy atom. The third-order valence-electron chi connectivity index (χ3n) is 6.26. The van der Waals surface area contributed by atoms with Crippen molar-refractivity contribution in [1.29, 1.82) is 0 Å². The number of aromatic nitrogens is 1. The van der Waals surface area contributed by atoms with Crippen molar-refractivity contribution in [3.05, 3.63) is 125 Å². The number of benzene rings is 2. The first-order chi connectivity index (χ1) is 17.5. The summed E-state index contributed by atoms with van der Waals surface area (Å²) in [5.41, 5.74) is 12.9. The third kappa shape index (κ3) is 8.80. The van der Waals surface area contributed by atoms with Gasteiger partial charge in [0.15, 0.2) is 0 Å². The van der Waals surface area contributed by atoms with E-state index in [4.69, 9.17) is 15.0 Å². The summed E-state index contributed by atoms with van der Waals surface area (Å²) in [5, 5.41) is 0. The molecule has 0 bridgehead atoms. The van der Waals surface area contributed by atoms with Crippen LogP contribution in [-0.4, -0.2) is 16.4 Å². The molecular weight excluding hydrogens is 551 g/mol. The summed E-state index contributed by atoms with van der Waals surface area (Å²) >= 11 is 0. The number of nitrogens with zero attached hydrogens (tertiary/aromatic N) is 3. The zero-order valence-corrected chi connectivity index (χ0v) is 25.9. The Kier molecular flexibility index (Phi) is 12.2. The summed E-state index contributed by atoms with van der Waals surface area (Å²) in [7, 11) is 0. The Morgan fingerprint density at radius 1 is 0.579 bits per heavy atom. The van der Waals surface area contributed by atoms with Crippen LogP contribution in [0.25, 0.3) is 0 Å². The van der Waals surface area contributed by atoms with Crippen LogP contribution in [0.15, 0.2) is 52.4 Å². The van der Waals surface area contributed by atoms with E-state index in [-0.39, 0.29) is 19.5 Å². The summed E-state index contributed by atoms with van der Waals surface area (Å²) in [5.74, 6) is 1.32. The minimum atomic E-state index is 0. The van der Waals surface area contributed by atoms with Crippen LogP contribution in [0.1, 0.15) is 65.5 Å². The average molecular weight is 591 g/mol. The maximum Gasteiger partial charge on any atom is 0.0849 e. The topological polar surface area (TPSA) is 37.6 Å². The number of hydrogen-bond donors (Lipinski definition) is 0. The minimum Gasteiger partial charge on any atom is -0.251 e. The van der Waals surface area contributed by atoms with E-state index in [9.17, 15) is 0 Å². The predicted molar refractivity (Wildman–Crippen MR) is 160 cm³/mol. The molecule has 1 heterocycles. The largest absolute Gasteiger partial charge is 0.251 e. The Balaban J connectivity index is 0.000000549. The van der Waals surface area contributed by atoms with Crippen LogP contribution in [0, 0.1) is 79.6 Å². The third-order valence-corrected chi connectivity index (χ3v) is 6.26. The monoisotopic (exact) mass is 591 g/mol. The van der Waals surface area contributed by atoms with Gasteiger partial charge in [0.25, 0.3) is 0 Å². The van der Waals surface area contributed by atoms with Crippen LogP contribution < -0.4 is 0 Å². The molecule has 1 aliphatic carbocycles. The summed E-state index contributed by atoms with van der Waals surface area (Å²) < 4.78 is 0. The van der Waals surface area contributed by atoms with E-state index < -0.39 is 0 Å². The van der Waals surface area contributed by atoms with Crippen molar-refractivity contribution in [3.63, 3.8) is 0 Å². The van der Waals surface area contributed by atoms with Crippen molar-refractivity contribution >= 4 is 22.8 Å². The number of aliphatic imine (C=N–C) groups is 2. The first-order valence-corrected chi connectivity index (χ1v) is 12.8. The van der Waals surface area contributed by atoms with Crippen LogP contribution in [0.5, 0.6) is 0 Å². The number of hydrogen-bond acceptors (Lipinski definition) is 3. The fourth-order valence-electron chi connectivity index (χ4n) is 4.52. The zero-order valence-electron chi connectivity index (χ0n) is 24.1. The van der Waals surface area contributed by atoms with E-state index in [0.717, 1.165) is 34.2 Å². The molecule has 6 radical (unpaired) electrons.